The summed E-state index contributed by atoms with van der Waals surface area (Å²) in [6, 6.07) is 0.374. The molecule has 3 atom stereocenters. The zero-order chi connectivity index (χ0) is 9.56. The first kappa shape index (κ1) is 12.3. The van der Waals surface area contributed by atoms with E-state index >= 15 is 0 Å². The molecule has 2 heteroatoms. The van der Waals surface area contributed by atoms with E-state index in [2.05, 4.69) is 27.7 Å². The molecule has 0 aliphatic heterocycles. The van der Waals surface area contributed by atoms with Crippen LogP contribution in [0.25, 0.3) is 0 Å². The Kier molecular flexibility index (Phi) is 6.96. The fourth-order valence-electron chi connectivity index (χ4n) is 0.889. The highest BCUT2D eigenvalue weighted by molar-refractivity contribution is 7.99. The second kappa shape index (κ2) is 6.79. The van der Waals surface area contributed by atoms with Crippen LogP contribution in [0.3, 0.4) is 0 Å². The first-order valence-corrected chi connectivity index (χ1v) is 6.03. The largest absolute Gasteiger partial charge is 0.327 e. The molecule has 2 N–H and O–H groups in total. The van der Waals surface area contributed by atoms with Gasteiger partial charge in [0.05, 0.1) is 0 Å². The van der Waals surface area contributed by atoms with E-state index in [0.29, 0.717) is 11.3 Å². The van der Waals surface area contributed by atoms with Crippen molar-refractivity contribution < 1.29 is 0 Å². The SMILES string of the molecule is CCC(C)CSC(C)C(N)CC. The lowest BCUT2D eigenvalue weighted by atomic mass is 10.2. The molecule has 0 aromatic carbocycles. The van der Waals surface area contributed by atoms with Crippen molar-refractivity contribution in [3.05, 3.63) is 0 Å². The van der Waals surface area contributed by atoms with E-state index in [-0.39, 0.29) is 0 Å². The molecule has 0 aromatic rings. The van der Waals surface area contributed by atoms with Crippen LogP contribution < -0.4 is 5.73 Å². The Morgan fingerprint density at radius 2 is 1.75 bits per heavy atom. The van der Waals surface area contributed by atoms with E-state index in [9.17, 15) is 0 Å². The van der Waals surface area contributed by atoms with E-state index in [1.54, 1.807) is 0 Å². The third-order valence-corrected chi connectivity index (χ3v) is 4.05. The van der Waals surface area contributed by atoms with Crippen LogP contribution in [0, 0.1) is 5.92 Å². The van der Waals surface area contributed by atoms with Gasteiger partial charge in [0.25, 0.3) is 0 Å². The number of hydrogen-bond donors (Lipinski definition) is 1. The molecule has 0 bridgehead atoms. The summed E-state index contributed by atoms with van der Waals surface area (Å²) in [7, 11) is 0. The molecule has 0 amide bonds. The summed E-state index contributed by atoms with van der Waals surface area (Å²) in [5, 5.41) is 0.615. The second-order valence-electron chi connectivity index (χ2n) is 3.62. The van der Waals surface area contributed by atoms with Gasteiger partial charge in [0, 0.05) is 11.3 Å². The molecule has 0 spiro atoms. The number of nitrogens with two attached hydrogens (primary N) is 1. The zero-order valence-corrected chi connectivity index (χ0v) is 9.66. The smallest absolute Gasteiger partial charge is 0.0170 e. The Hall–Kier alpha value is 0.310. The minimum absolute atomic E-state index is 0.374. The first-order chi connectivity index (χ1) is 5.61. The Morgan fingerprint density at radius 1 is 1.17 bits per heavy atom. The quantitative estimate of drug-likeness (QED) is 0.695. The van der Waals surface area contributed by atoms with Crippen LogP contribution in [0.2, 0.25) is 0 Å². The summed E-state index contributed by atoms with van der Waals surface area (Å²) in [5.74, 6) is 2.09. The van der Waals surface area contributed by atoms with Gasteiger partial charge in [0.2, 0.25) is 0 Å². The van der Waals surface area contributed by atoms with E-state index < -0.39 is 0 Å². The predicted octanol–water partition coefficient (Wildman–Crippen LogP) is 2.89. The minimum atomic E-state index is 0.374. The van der Waals surface area contributed by atoms with Gasteiger partial charge in [-0.3, -0.25) is 0 Å². The summed E-state index contributed by atoms with van der Waals surface area (Å²) < 4.78 is 0. The first-order valence-electron chi connectivity index (χ1n) is 4.98. The molecule has 0 heterocycles. The van der Waals surface area contributed by atoms with Crippen molar-refractivity contribution in [1.29, 1.82) is 0 Å². The number of thioether (sulfide) groups is 1. The standard InChI is InChI=1S/C10H23NS/c1-5-8(3)7-12-9(4)10(11)6-2/h8-10H,5-7,11H2,1-4H3. The van der Waals surface area contributed by atoms with Gasteiger partial charge < -0.3 is 5.73 Å². The van der Waals surface area contributed by atoms with Crippen molar-refractivity contribution in [2.75, 3.05) is 5.75 Å². The number of rotatable bonds is 6. The van der Waals surface area contributed by atoms with Gasteiger partial charge in [-0.2, -0.15) is 11.8 Å². The maximum absolute atomic E-state index is 5.92. The fraction of sp³-hybridized carbons (Fsp3) is 1.00. The summed E-state index contributed by atoms with van der Waals surface area (Å²) in [4.78, 5) is 0. The van der Waals surface area contributed by atoms with Crippen molar-refractivity contribution in [3.8, 4) is 0 Å². The molecule has 74 valence electrons. The van der Waals surface area contributed by atoms with Gasteiger partial charge in [-0.25, -0.2) is 0 Å². The van der Waals surface area contributed by atoms with Gasteiger partial charge in [-0.05, 0) is 18.1 Å². The molecule has 0 aliphatic rings. The van der Waals surface area contributed by atoms with Crippen LogP contribution in [-0.2, 0) is 0 Å². The Morgan fingerprint density at radius 3 is 2.17 bits per heavy atom. The molecule has 0 aromatic heterocycles. The van der Waals surface area contributed by atoms with Crippen LogP contribution in [-0.4, -0.2) is 17.0 Å². The van der Waals surface area contributed by atoms with Crippen LogP contribution in [0.1, 0.15) is 40.5 Å². The van der Waals surface area contributed by atoms with E-state index in [1.807, 2.05) is 11.8 Å². The Labute approximate surface area is 81.5 Å². The molecule has 12 heavy (non-hydrogen) atoms. The highest BCUT2D eigenvalue weighted by atomic mass is 32.2. The van der Waals surface area contributed by atoms with Gasteiger partial charge in [-0.1, -0.05) is 34.1 Å². The maximum atomic E-state index is 5.92. The summed E-state index contributed by atoms with van der Waals surface area (Å²) in [6.07, 6.45) is 2.37. The van der Waals surface area contributed by atoms with Crippen molar-refractivity contribution >= 4 is 11.8 Å². The van der Waals surface area contributed by atoms with Crippen LogP contribution in [0.4, 0.5) is 0 Å². The van der Waals surface area contributed by atoms with Crippen molar-refractivity contribution in [1.82, 2.24) is 0 Å². The Balaban J connectivity index is 3.49. The Bertz CT molecular complexity index is 106. The van der Waals surface area contributed by atoms with Crippen LogP contribution in [0.5, 0.6) is 0 Å². The van der Waals surface area contributed by atoms with E-state index in [0.717, 1.165) is 12.3 Å². The van der Waals surface area contributed by atoms with Gasteiger partial charge >= 0.3 is 0 Å². The lowest BCUT2D eigenvalue weighted by Gasteiger charge is -2.19. The van der Waals surface area contributed by atoms with Gasteiger partial charge in [0.1, 0.15) is 0 Å². The molecule has 0 fully saturated rings. The molecule has 0 rings (SSSR count). The summed E-state index contributed by atoms with van der Waals surface area (Å²) in [6.45, 7) is 8.94. The normalized spacial score (nSPS) is 18.8. The van der Waals surface area contributed by atoms with E-state index in [4.69, 9.17) is 5.73 Å². The van der Waals surface area contributed by atoms with Crippen molar-refractivity contribution in [2.24, 2.45) is 11.7 Å². The highest BCUT2D eigenvalue weighted by Crippen LogP contribution is 2.19. The topological polar surface area (TPSA) is 26.0 Å². The molecule has 1 nitrogen and oxygen atoms in total. The molecule has 0 radical (unpaired) electrons. The van der Waals surface area contributed by atoms with Crippen LogP contribution in [0.15, 0.2) is 0 Å². The molecule has 0 aliphatic carbocycles. The lowest BCUT2D eigenvalue weighted by molar-refractivity contribution is 0.620. The lowest BCUT2D eigenvalue weighted by Crippen LogP contribution is -2.29. The second-order valence-corrected chi connectivity index (χ2v) is 5.03. The monoisotopic (exact) mass is 189 g/mol. The number of hydrogen-bond acceptors (Lipinski definition) is 2. The third-order valence-electron chi connectivity index (χ3n) is 2.41. The van der Waals surface area contributed by atoms with Crippen molar-refractivity contribution in [3.63, 3.8) is 0 Å². The maximum Gasteiger partial charge on any atom is 0.0170 e. The van der Waals surface area contributed by atoms with Crippen molar-refractivity contribution in [2.45, 2.75) is 51.8 Å². The van der Waals surface area contributed by atoms with E-state index in [1.165, 1.54) is 12.2 Å². The zero-order valence-electron chi connectivity index (χ0n) is 8.84. The average Bonchev–Trinajstić information content (AvgIpc) is 2.11. The molecule has 0 saturated heterocycles. The minimum Gasteiger partial charge on any atom is -0.327 e. The predicted molar refractivity (Wildman–Crippen MR) is 59.6 cm³/mol. The fourth-order valence-corrected chi connectivity index (χ4v) is 2.20. The van der Waals surface area contributed by atoms with Crippen LogP contribution >= 0.6 is 11.8 Å². The van der Waals surface area contributed by atoms with Gasteiger partial charge in [-0.15, -0.1) is 0 Å². The third kappa shape index (κ3) is 5.04. The summed E-state index contributed by atoms with van der Waals surface area (Å²) >= 11 is 2.02. The van der Waals surface area contributed by atoms with Gasteiger partial charge in [0.15, 0.2) is 0 Å². The average molecular weight is 189 g/mol. The molecule has 3 unspecified atom stereocenters. The highest BCUT2D eigenvalue weighted by Gasteiger charge is 2.11. The molecule has 0 saturated carbocycles. The summed E-state index contributed by atoms with van der Waals surface area (Å²) in [5.41, 5.74) is 5.92. The molecular weight excluding hydrogens is 166 g/mol. The molecular formula is C10H23NS.